The Hall–Kier alpha value is -3.67. The van der Waals surface area contributed by atoms with E-state index in [0.717, 1.165) is 6.07 Å². The lowest BCUT2D eigenvalue weighted by molar-refractivity contribution is -0.124. The number of carbonyl (C=O) groups excluding carboxylic acids is 1. The highest BCUT2D eigenvalue weighted by Crippen LogP contribution is 2.49. The first kappa shape index (κ1) is 19.6. The molecule has 0 spiro atoms. The number of H-pyrrole nitrogens is 1. The van der Waals surface area contributed by atoms with Crippen molar-refractivity contribution in [3.05, 3.63) is 69.0 Å². The number of hydrogen-bond acceptors (Lipinski definition) is 5. The van der Waals surface area contributed by atoms with Crippen molar-refractivity contribution in [2.45, 2.75) is 38.1 Å². The van der Waals surface area contributed by atoms with Crippen LogP contribution in [0.5, 0.6) is 0 Å². The van der Waals surface area contributed by atoms with E-state index < -0.39 is 28.7 Å². The minimum atomic E-state index is -1.10. The summed E-state index contributed by atoms with van der Waals surface area (Å²) >= 11 is 0. The maximum atomic E-state index is 14.4. The summed E-state index contributed by atoms with van der Waals surface area (Å²) in [5, 5.41) is 11.6. The summed E-state index contributed by atoms with van der Waals surface area (Å²) < 4.78 is 28.2. The monoisotopic (exact) mass is 409 g/mol. The van der Waals surface area contributed by atoms with Gasteiger partial charge in [-0.2, -0.15) is 5.26 Å². The molecule has 2 N–H and O–H groups in total. The van der Waals surface area contributed by atoms with Crippen molar-refractivity contribution < 1.29 is 13.6 Å². The predicted octanol–water partition coefficient (Wildman–Crippen LogP) is 2.69. The third-order valence-corrected chi connectivity index (χ3v) is 5.60. The second-order valence-corrected chi connectivity index (χ2v) is 7.47. The van der Waals surface area contributed by atoms with Gasteiger partial charge >= 0.3 is 0 Å². The van der Waals surface area contributed by atoms with Gasteiger partial charge in [0.1, 0.15) is 6.07 Å². The first-order valence-corrected chi connectivity index (χ1v) is 9.32. The van der Waals surface area contributed by atoms with Gasteiger partial charge in [0.2, 0.25) is 11.7 Å². The van der Waals surface area contributed by atoms with Crippen molar-refractivity contribution in [1.82, 2.24) is 20.3 Å². The summed E-state index contributed by atoms with van der Waals surface area (Å²) in [4.78, 5) is 36.2. The number of fused-ring (bicyclic) bond motifs is 1. The van der Waals surface area contributed by atoms with Crippen LogP contribution < -0.4 is 10.9 Å². The Labute approximate surface area is 169 Å². The van der Waals surface area contributed by atoms with Gasteiger partial charge in [-0.1, -0.05) is 0 Å². The normalized spacial score (nSPS) is 15.4. The SMILES string of the molecule is Cc1c(C2(C(=O)NC(C)c3cnc(C#N)nc3)CC2)c(=O)[nH]c2ccc(F)c(F)c12. The van der Waals surface area contributed by atoms with Gasteiger partial charge in [-0.3, -0.25) is 9.59 Å². The van der Waals surface area contributed by atoms with Gasteiger partial charge in [0.05, 0.1) is 17.0 Å². The number of pyridine rings is 1. The lowest BCUT2D eigenvalue weighted by Crippen LogP contribution is -2.40. The second-order valence-electron chi connectivity index (χ2n) is 7.47. The van der Waals surface area contributed by atoms with Crippen LogP contribution in [0.2, 0.25) is 0 Å². The van der Waals surface area contributed by atoms with E-state index in [1.54, 1.807) is 6.92 Å². The zero-order valence-corrected chi connectivity index (χ0v) is 16.2. The quantitative estimate of drug-likeness (QED) is 0.688. The van der Waals surface area contributed by atoms with Gasteiger partial charge in [-0.05, 0) is 44.4 Å². The first-order valence-electron chi connectivity index (χ1n) is 9.32. The number of amides is 1. The molecule has 0 saturated heterocycles. The summed E-state index contributed by atoms with van der Waals surface area (Å²) in [7, 11) is 0. The number of hydrogen-bond donors (Lipinski definition) is 2. The molecular weight excluding hydrogens is 392 g/mol. The molecule has 2 aromatic heterocycles. The highest BCUT2D eigenvalue weighted by molar-refractivity contribution is 5.94. The van der Waals surface area contributed by atoms with E-state index in [4.69, 9.17) is 5.26 Å². The van der Waals surface area contributed by atoms with Crippen molar-refractivity contribution in [3.8, 4) is 6.07 Å². The van der Waals surface area contributed by atoms with Gasteiger partial charge in [0.25, 0.3) is 5.56 Å². The van der Waals surface area contributed by atoms with Crippen LogP contribution in [0.1, 0.15) is 48.3 Å². The summed E-state index contributed by atoms with van der Waals surface area (Å²) in [5.41, 5.74) is -0.414. The zero-order chi connectivity index (χ0) is 21.6. The molecule has 1 atom stereocenters. The molecule has 2 heterocycles. The van der Waals surface area contributed by atoms with Gasteiger partial charge in [0, 0.05) is 28.9 Å². The Bertz CT molecular complexity index is 1270. The van der Waals surface area contributed by atoms with E-state index in [9.17, 15) is 18.4 Å². The first-order chi connectivity index (χ1) is 14.3. The maximum Gasteiger partial charge on any atom is 0.252 e. The minimum Gasteiger partial charge on any atom is -0.349 e. The highest BCUT2D eigenvalue weighted by atomic mass is 19.2. The van der Waals surface area contributed by atoms with Crippen LogP contribution in [-0.2, 0) is 10.2 Å². The fraction of sp³-hybridized carbons (Fsp3) is 0.286. The zero-order valence-electron chi connectivity index (χ0n) is 16.2. The molecule has 3 aromatic rings. The molecule has 1 amide bonds. The molecule has 1 saturated carbocycles. The molecule has 1 aliphatic rings. The molecule has 7 nitrogen and oxygen atoms in total. The van der Waals surface area contributed by atoms with Gasteiger partial charge in [-0.15, -0.1) is 0 Å². The molecule has 1 aliphatic carbocycles. The molecule has 152 valence electrons. The van der Waals surface area contributed by atoms with Crippen molar-refractivity contribution in [3.63, 3.8) is 0 Å². The van der Waals surface area contributed by atoms with Crippen LogP contribution in [-0.4, -0.2) is 20.9 Å². The lowest BCUT2D eigenvalue weighted by Gasteiger charge is -2.21. The van der Waals surface area contributed by atoms with E-state index in [1.807, 2.05) is 6.07 Å². The van der Waals surface area contributed by atoms with Gasteiger partial charge < -0.3 is 10.3 Å². The lowest BCUT2D eigenvalue weighted by atomic mass is 9.89. The number of nitriles is 1. The smallest absolute Gasteiger partial charge is 0.252 e. The fourth-order valence-corrected chi connectivity index (χ4v) is 3.83. The van der Waals surface area contributed by atoms with Crippen molar-refractivity contribution in [2.75, 3.05) is 0 Å². The van der Waals surface area contributed by atoms with Crippen LogP contribution in [0, 0.1) is 29.9 Å². The Morgan fingerprint density at radius 1 is 1.30 bits per heavy atom. The summed E-state index contributed by atoms with van der Waals surface area (Å²) in [6, 6.07) is 3.60. The Morgan fingerprint density at radius 2 is 1.97 bits per heavy atom. The third-order valence-electron chi connectivity index (χ3n) is 5.60. The molecule has 1 aromatic carbocycles. The number of benzene rings is 1. The predicted molar refractivity (Wildman–Crippen MR) is 103 cm³/mol. The molecule has 1 fully saturated rings. The van der Waals surface area contributed by atoms with E-state index in [-0.39, 0.29) is 33.8 Å². The number of halogens is 2. The van der Waals surface area contributed by atoms with E-state index in [2.05, 4.69) is 20.3 Å². The van der Waals surface area contributed by atoms with Crippen LogP contribution in [0.4, 0.5) is 8.78 Å². The van der Waals surface area contributed by atoms with Crippen molar-refractivity contribution >= 4 is 16.8 Å². The van der Waals surface area contributed by atoms with E-state index in [1.165, 1.54) is 25.4 Å². The number of nitrogens with zero attached hydrogens (tertiary/aromatic N) is 3. The number of aromatic amines is 1. The van der Waals surface area contributed by atoms with Crippen LogP contribution in [0.15, 0.2) is 29.3 Å². The number of nitrogens with one attached hydrogen (secondary N) is 2. The summed E-state index contributed by atoms with van der Waals surface area (Å²) in [5.74, 6) is -2.44. The Balaban J connectivity index is 1.71. The molecule has 0 radical (unpaired) electrons. The summed E-state index contributed by atoms with van der Waals surface area (Å²) in [6.45, 7) is 3.26. The molecule has 30 heavy (non-hydrogen) atoms. The number of rotatable bonds is 4. The number of aryl methyl sites for hydroxylation is 1. The molecule has 1 unspecified atom stereocenters. The van der Waals surface area contributed by atoms with Gasteiger partial charge in [-0.25, -0.2) is 18.7 Å². The van der Waals surface area contributed by atoms with E-state index in [0.29, 0.717) is 18.4 Å². The number of aromatic nitrogens is 3. The molecule has 4 rings (SSSR count). The standard InChI is InChI=1S/C21H17F2N5O2/c1-10-16-14(4-3-13(22)18(16)23)28-19(29)17(10)21(5-6-21)20(30)27-11(2)12-8-25-15(7-24)26-9-12/h3-4,8-9,11H,5-6H2,1-2H3,(H,27,30)(H,28,29). The fourth-order valence-electron chi connectivity index (χ4n) is 3.83. The van der Waals surface area contributed by atoms with Gasteiger partial charge in [0.15, 0.2) is 11.6 Å². The average Bonchev–Trinajstić information content (AvgIpc) is 3.52. The Morgan fingerprint density at radius 3 is 2.57 bits per heavy atom. The maximum absolute atomic E-state index is 14.4. The van der Waals surface area contributed by atoms with E-state index >= 15 is 0 Å². The van der Waals surface area contributed by atoms with Crippen molar-refractivity contribution in [1.29, 1.82) is 5.26 Å². The third kappa shape index (κ3) is 3.01. The molecule has 9 heteroatoms. The second kappa shape index (κ2) is 6.99. The van der Waals surface area contributed by atoms with Crippen LogP contribution in [0.25, 0.3) is 10.9 Å². The summed E-state index contributed by atoms with van der Waals surface area (Å²) in [6.07, 6.45) is 3.73. The molecule has 0 bridgehead atoms. The highest BCUT2D eigenvalue weighted by Gasteiger charge is 2.54. The molecular formula is C21H17F2N5O2. The topological polar surface area (TPSA) is 112 Å². The van der Waals surface area contributed by atoms with Crippen molar-refractivity contribution in [2.24, 2.45) is 0 Å². The van der Waals surface area contributed by atoms with Crippen LogP contribution >= 0.6 is 0 Å². The molecule has 0 aliphatic heterocycles. The minimum absolute atomic E-state index is 0.0171. The van der Waals surface area contributed by atoms with Crippen LogP contribution in [0.3, 0.4) is 0 Å². The average molecular weight is 409 g/mol. The number of carbonyl (C=O) groups is 1. The largest absolute Gasteiger partial charge is 0.349 e. The Kier molecular flexibility index (Phi) is 4.57.